The van der Waals surface area contributed by atoms with Gasteiger partial charge < -0.3 is 10.8 Å². The third-order valence-corrected chi connectivity index (χ3v) is 2.75. The Labute approximate surface area is 107 Å². The molecule has 1 aromatic heterocycles. The van der Waals surface area contributed by atoms with Gasteiger partial charge in [0, 0.05) is 6.54 Å². The van der Waals surface area contributed by atoms with Crippen molar-refractivity contribution in [1.82, 2.24) is 9.55 Å². The highest BCUT2D eigenvalue weighted by Crippen LogP contribution is 2.09. The van der Waals surface area contributed by atoms with E-state index in [4.69, 9.17) is 10.8 Å². The minimum atomic E-state index is -1.27. The summed E-state index contributed by atoms with van der Waals surface area (Å²) in [5.74, 6) is -1.79. The SMILES string of the molecule is Nc1[nH]c(=O)n(CCc2ccc(F)cc2)c1C(=O)O. The van der Waals surface area contributed by atoms with Gasteiger partial charge in [0.15, 0.2) is 5.69 Å². The predicted octanol–water partition coefficient (Wildman–Crippen LogP) is 0.839. The van der Waals surface area contributed by atoms with E-state index in [9.17, 15) is 14.0 Å². The number of hydrogen-bond acceptors (Lipinski definition) is 3. The summed E-state index contributed by atoms with van der Waals surface area (Å²) in [6, 6.07) is 5.77. The van der Waals surface area contributed by atoms with Gasteiger partial charge in [0.1, 0.15) is 11.6 Å². The highest BCUT2D eigenvalue weighted by Gasteiger charge is 2.18. The maximum Gasteiger partial charge on any atom is 0.356 e. The number of aryl methyl sites for hydroxylation is 1. The van der Waals surface area contributed by atoms with Crippen molar-refractivity contribution in [3.05, 3.63) is 51.8 Å². The van der Waals surface area contributed by atoms with E-state index >= 15 is 0 Å². The quantitative estimate of drug-likeness (QED) is 0.762. The van der Waals surface area contributed by atoms with Crippen molar-refractivity contribution >= 4 is 11.8 Å². The number of nitrogens with one attached hydrogen (secondary N) is 1. The first-order valence-electron chi connectivity index (χ1n) is 5.55. The first-order valence-corrected chi connectivity index (χ1v) is 5.55. The van der Waals surface area contributed by atoms with Gasteiger partial charge in [-0.2, -0.15) is 0 Å². The number of aromatic nitrogens is 2. The minimum absolute atomic E-state index is 0.153. The molecule has 1 aromatic carbocycles. The molecule has 0 atom stereocenters. The van der Waals surface area contributed by atoms with Gasteiger partial charge in [-0.3, -0.25) is 9.55 Å². The number of hydrogen-bond donors (Lipinski definition) is 3. The molecule has 1 heterocycles. The molecule has 0 aliphatic carbocycles. The largest absolute Gasteiger partial charge is 0.476 e. The zero-order valence-corrected chi connectivity index (χ0v) is 9.89. The van der Waals surface area contributed by atoms with Crippen molar-refractivity contribution in [2.24, 2.45) is 0 Å². The fourth-order valence-electron chi connectivity index (χ4n) is 1.82. The van der Waals surface area contributed by atoms with Crippen molar-refractivity contribution in [3.63, 3.8) is 0 Å². The second-order valence-electron chi connectivity index (χ2n) is 4.03. The van der Waals surface area contributed by atoms with Crippen LogP contribution in [-0.4, -0.2) is 20.6 Å². The highest BCUT2D eigenvalue weighted by atomic mass is 19.1. The lowest BCUT2D eigenvalue weighted by Gasteiger charge is -2.05. The number of carboxylic acid groups (broad SMARTS) is 1. The number of rotatable bonds is 4. The molecule has 7 heteroatoms. The van der Waals surface area contributed by atoms with Gasteiger partial charge in [-0.25, -0.2) is 14.0 Å². The number of nitrogens with two attached hydrogens (primary N) is 1. The molecule has 0 radical (unpaired) electrons. The fourth-order valence-corrected chi connectivity index (χ4v) is 1.82. The second-order valence-corrected chi connectivity index (χ2v) is 4.03. The van der Waals surface area contributed by atoms with Gasteiger partial charge in [-0.1, -0.05) is 12.1 Å². The van der Waals surface area contributed by atoms with Crippen LogP contribution in [0.15, 0.2) is 29.1 Å². The molecule has 0 bridgehead atoms. The lowest BCUT2D eigenvalue weighted by Crippen LogP contribution is -2.22. The fraction of sp³-hybridized carbons (Fsp3) is 0.167. The van der Waals surface area contributed by atoms with Gasteiger partial charge in [0.2, 0.25) is 0 Å². The van der Waals surface area contributed by atoms with E-state index in [1.165, 1.54) is 12.1 Å². The number of anilines is 1. The molecular formula is C12H12FN3O3. The summed E-state index contributed by atoms with van der Waals surface area (Å²) in [5.41, 5.74) is 5.39. The zero-order chi connectivity index (χ0) is 14.0. The molecule has 100 valence electrons. The van der Waals surface area contributed by atoms with Crippen molar-refractivity contribution in [2.75, 3.05) is 5.73 Å². The molecule has 2 aromatic rings. The molecule has 4 N–H and O–H groups in total. The van der Waals surface area contributed by atoms with Gasteiger partial charge in [0.05, 0.1) is 0 Å². The Bertz CT molecular complexity index is 658. The number of aromatic amines is 1. The molecule has 0 spiro atoms. The van der Waals surface area contributed by atoms with E-state index in [2.05, 4.69) is 4.98 Å². The number of aromatic carboxylic acids is 1. The maximum atomic E-state index is 12.7. The summed E-state index contributed by atoms with van der Waals surface area (Å²) < 4.78 is 13.8. The Morgan fingerprint density at radius 1 is 1.37 bits per heavy atom. The van der Waals surface area contributed by atoms with Gasteiger partial charge in [0.25, 0.3) is 0 Å². The number of carboxylic acids is 1. The molecule has 0 amide bonds. The second kappa shape index (κ2) is 4.97. The lowest BCUT2D eigenvalue weighted by molar-refractivity contribution is 0.0686. The van der Waals surface area contributed by atoms with Crippen LogP contribution in [0.1, 0.15) is 16.1 Å². The van der Waals surface area contributed by atoms with Crippen LogP contribution in [0, 0.1) is 5.82 Å². The third kappa shape index (κ3) is 2.65. The van der Waals surface area contributed by atoms with E-state index < -0.39 is 11.7 Å². The van der Waals surface area contributed by atoms with E-state index in [0.717, 1.165) is 10.1 Å². The van der Waals surface area contributed by atoms with Gasteiger partial charge in [-0.15, -0.1) is 0 Å². The number of carbonyl (C=O) groups is 1. The first-order chi connectivity index (χ1) is 8.99. The molecule has 19 heavy (non-hydrogen) atoms. The molecule has 0 fully saturated rings. The Balaban J connectivity index is 2.22. The monoisotopic (exact) mass is 265 g/mol. The van der Waals surface area contributed by atoms with E-state index in [-0.39, 0.29) is 23.9 Å². The average molecular weight is 265 g/mol. The molecule has 0 saturated carbocycles. The smallest absolute Gasteiger partial charge is 0.356 e. The van der Waals surface area contributed by atoms with Crippen LogP contribution < -0.4 is 11.4 Å². The molecule has 0 aliphatic heterocycles. The van der Waals surface area contributed by atoms with Crippen molar-refractivity contribution < 1.29 is 14.3 Å². The molecule has 2 rings (SSSR count). The topological polar surface area (TPSA) is 101 Å². The van der Waals surface area contributed by atoms with Crippen LogP contribution in [-0.2, 0) is 13.0 Å². The number of halogens is 1. The molecule has 6 nitrogen and oxygen atoms in total. The Morgan fingerprint density at radius 2 is 2.00 bits per heavy atom. The van der Waals surface area contributed by atoms with Gasteiger partial charge in [-0.05, 0) is 24.1 Å². The summed E-state index contributed by atoms with van der Waals surface area (Å²) in [5, 5.41) is 8.98. The summed E-state index contributed by atoms with van der Waals surface area (Å²) in [7, 11) is 0. The van der Waals surface area contributed by atoms with Crippen LogP contribution in [0.5, 0.6) is 0 Å². The lowest BCUT2D eigenvalue weighted by atomic mass is 10.1. The minimum Gasteiger partial charge on any atom is -0.476 e. The third-order valence-electron chi connectivity index (χ3n) is 2.75. The Morgan fingerprint density at radius 3 is 2.58 bits per heavy atom. The standard InChI is InChI=1S/C12H12FN3O3/c13-8-3-1-7(2-4-8)5-6-16-9(11(17)18)10(14)15-12(16)19/h1-4H,5-6,14H2,(H,15,19)(H,17,18). The summed E-state index contributed by atoms with van der Waals surface area (Å²) in [6.07, 6.45) is 0.401. The van der Waals surface area contributed by atoms with E-state index in [1.54, 1.807) is 12.1 Å². The van der Waals surface area contributed by atoms with Crippen LogP contribution >= 0.6 is 0 Å². The first kappa shape index (κ1) is 12.9. The summed E-state index contributed by atoms with van der Waals surface area (Å²) in [4.78, 5) is 24.8. The number of H-pyrrole nitrogens is 1. The van der Waals surface area contributed by atoms with Crippen LogP contribution in [0.4, 0.5) is 10.2 Å². The van der Waals surface area contributed by atoms with Crippen LogP contribution in [0.25, 0.3) is 0 Å². The molecular weight excluding hydrogens is 253 g/mol. The molecule has 0 aliphatic rings. The number of nitrogens with zero attached hydrogens (tertiary/aromatic N) is 1. The number of benzene rings is 1. The van der Waals surface area contributed by atoms with Crippen molar-refractivity contribution in [3.8, 4) is 0 Å². The molecule has 0 saturated heterocycles. The Hall–Kier alpha value is -2.57. The van der Waals surface area contributed by atoms with Crippen molar-refractivity contribution in [1.29, 1.82) is 0 Å². The van der Waals surface area contributed by atoms with Crippen LogP contribution in [0.2, 0.25) is 0 Å². The maximum absolute atomic E-state index is 12.7. The highest BCUT2D eigenvalue weighted by molar-refractivity contribution is 5.90. The van der Waals surface area contributed by atoms with Crippen molar-refractivity contribution in [2.45, 2.75) is 13.0 Å². The van der Waals surface area contributed by atoms with E-state index in [0.29, 0.717) is 6.42 Å². The number of imidazole rings is 1. The van der Waals surface area contributed by atoms with E-state index in [1.807, 2.05) is 0 Å². The average Bonchev–Trinajstić information content (AvgIpc) is 2.63. The zero-order valence-electron chi connectivity index (χ0n) is 9.89. The normalized spacial score (nSPS) is 10.6. The van der Waals surface area contributed by atoms with Gasteiger partial charge >= 0.3 is 11.7 Å². The Kier molecular flexibility index (Phi) is 3.37. The molecule has 0 unspecified atom stereocenters. The summed E-state index contributed by atoms with van der Waals surface area (Å²) >= 11 is 0. The predicted molar refractivity (Wildman–Crippen MR) is 66.5 cm³/mol. The summed E-state index contributed by atoms with van der Waals surface area (Å²) in [6.45, 7) is 0.153. The number of nitrogen functional groups attached to an aromatic ring is 1. The van der Waals surface area contributed by atoms with Crippen LogP contribution in [0.3, 0.4) is 0 Å².